The summed E-state index contributed by atoms with van der Waals surface area (Å²) >= 11 is 2.25. The number of para-hydroxylation sites is 1. The van der Waals surface area contributed by atoms with Crippen LogP contribution >= 0.6 is 22.6 Å². The molecule has 0 aliphatic rings. The molecular weight excluding hydrogens is 327 g/mol. The van der Waals surface area contributed by atoms with Gasteiger partial charge in [0.25, 0.3) is 0 Å². The summed E-state index contributed by atoms with van der Waals surface area (Å²) in [6, 6.07) is 15.6. The van der Waals surface area contributed by atoms with E-state index < -0.39 is 0 Å². The molecule has 0 aromatic heterocycles. The van der Waals surface area contributed by atoms with Gasteiger partial charge in [0.2, 0.25) is 0 Å². The van der Waals surface area contributed by atoms with Gasteiger partial charge in [-0.2, -0.15) is 0 Å². The van der Waals surface area contributed by atoms with Gasteiger partial charge < -0.3 is 9.47 Å². The highest BCUT2D eigenvalue weighted by atomic mass is 127. The maximum atomic E-state index is 5.73. The van der Waals surface area contributed by atoms with Gasteiger partial charge >= 0.3 is 0 Å². The van der Waals surface area contributed by atoms with Crippen molar-refractivity contribution < 1.29 is 9.47 Å². The summed E-state index contributed by atoms with van der Waals surface area (Å²) < 4.78 is 12.3. The molecule has 0 aliphatic carbocycles. The molecule has 0 atom stereocenters. The Kier molecular flexibility index (Phi) is 4.25. The quantitative estimate of drug-likeness (QED) is 0.764. The second kappa shape index (κ2) is 5.91. The molecule has 2 nitrogen and oxygen atoms in total. The summed E-state index contributed by atoms with van der Waals surface area (Å²) in [5, 5.41) is 0. The molecule has 88 valence electrons. The van der Waals surface area contributed by atoms with Crippen LogP contribution in [0, 0.1) is 3.57 Å². The van der Waals surface area contributed by atoms with Crippen LogP contribution in [0.25, 0.3) is 0 Å². The number of rotatable bonds is 4. The summed E-state index contributed by atoms with van der Waals surface area (Å²) in [6.07, 6.45) is 0. The molecule has 0 spiro atoms. The highest BCUT2D eigenvalue weighted by Crippen LogP contribution is 2.28. The van der Waals surface area contributed by atoms with Crippen LogP contribution in [0.15, 0.2) is 48.5 Å². The predicted octanol–water partition coefficient (Wildman–Crippen LogP) is 4.48. The fraction of sp³-hybridized carbons (Fsp3) is 0.143. The maximum absolute atomic E-state index is 5.73. The van der Waals surface area contributed by atoms with Gasteiger partial charge in [-0.1, -0.05) is 18.2 Å². The number of hydrogen-bond acceptors (Lipinski definition) is 2. The topological polar surface area (TPSA) is 18.5 Å². The third kappa shape index (κ3) is 3.36. The molecule has 0 saturated heterocycles. The number of benzene rings is 2. The van der Waals surface area contributed by atoms with E-state index in [1.807, 2.05) is 55.5 Å². The lowest BCUT2D eigenvalue weighted by molar-refractivity contribution is 0.337. The lowest BCUT2D eigenvalue weighted by Gasteiger charge is -2.09. The molecule has 0 heterocycles. The minimum absolute atomic E-state index is 0.675. The Morgan fingerprint density at radius 2 is 1.76 bits per heavy atom. The Labute approximate surface area is 115 Å². The van der Waals surface area contributed by atoms with E-state index in [9.17, 15) is 0 Å². The van der Waals surface area contributed by atoms with Gasteiger partial charge in [-0.15, -0.1) is 0 Å². The number of hydrogen-bond donors (Lipinski definition) is 0. The van der Waals surface area contributed by atoms with Crippen LogP contribution in [0.1, 0.15) is 6.92 Å². The average molecular weight is 340 g/mol. The fourth-order valence-corrected chi connectivity index (χ4v) is 2.08. The van der Waals surface area contributed by atoms with Crippen LogP contribution in [0.3, 0.4) is 0 Å². The van der Waals surface area contributed by atoms with Crippen molar-refractivity contribution >= 4 is 22.6 Å². The Morgan fingerprint density at radius 3 is 2.41 bits per heavy atom. The molecule has 17 heavy (non-hydrogen) atoms. The Hall–Kier alpha value is -1.23. The van der Waals surface area contributed by atoms with Crippen LogP contribution < -0.4 is 9.47 Å². The zero-order chi connectivity index (χ0) is 12.1. The van der Waals surface area contributed by atoms with E-state index in [4.69, 9.17) is 9.47 Å². The second-order valence-electron chi connectivity index (χ2n) is 3.44. The summed E-state index contributed by atoms with van der Waals surface area (Å²) in [4.78, 5) is 0. The predicted molar refractivity (Wildman–Crippen MR) is 76.8 cm³/mol. The first-order valence-electron chi connectivity index (χ1n) is 5.45. The third-order valence-corrected chi connectivity index (χ3v) is 3.03. The van der Waals surface area contributed by atoms with E-state index in [0.29, 0.717) is 6.61 Å². The Balaban J connectivity index is 2.15. The summed E-state index contributed by atoms with van der Waals surface area (Å²) in [7, 11) is 0. The maximum Gasteiger partial charge on any atom is 0.132 e. The molecule has 2 aromatic carbocycles. The molecule has 0 aliphatic heterocycles. The van der Waals surface area contributed by atoms with E-state index in [1.165, 1.54) is 0 Å². The standard InChI is InChI=1S/C14H13IO2/c1-2-16-14-9-8-12(10-13(14)15)17-11-6-4-3-5-7-11/h3-10H,2H2,1H3. The third-order valence-electron chi connectivity index (χ3n) is 2.18. The van der Waals surface area contributed by atoms with Crippen LogP contribution in [0.5, 0.6) is 17.2 Å². The molecule has 0 N–H and O–H groups in total. The van der Waals surface area contributed by atoms with E-state index in [2.05, 4.69) is 22.6 Å². The highest BCUT2D eigenvalue weighted by Gasteiger charge is 2.03. The molecule has 0 unspecified atom stereocenters. The van der Waals surface area contributed by atoms with Gasteiger partial charge in [-0.3, -0.25) is 0 Å². The Bertz CT molecular complexity index is 483. The molecule has 0 radical (unpaired) electrons. The van der Waals surface area contributed by atoms with Gasteiger partial charge in [-0.05, 0) is 59.8 Å². The first-order valence-corrected chi connectivity index (χ1v) is 6.52. The van der Waals surface area contributed by atoms with Gasteiger partial charge in [0.05, 0.1) is 10.2 Å². The van der Waals surface area contributed by atoms with Crippen LogP contribution in [-0.4, -0.2) is 6.61 Å². The monoisotopic (exact) mass is 340 g/mol. The molecule has 2 aromatic rings. The molecule has 2 rings (SSSR count). The van der Waals surface area contributed by atoms with Crippen molar-refractivity contribution in [3.8, 4) is 17.2 Å². The zero-order valence-corrected chi connectivity index (χ0v) is 11.7. The Morgan fingerprint density at radius 1 is 1.00 bits per heavy atom. The van der Waals surface area contributed by atoms with E-state index in [-0.39, 0.29) is 0 Å². The normalized spacial score (nSPS) is 10.0. The summed E-state index contributed by atoms with van der Waals surface area (Å²) in [5.74, 6) is 2.56. The van der Waals surface area contributed by atoms with E-state index >= 15 is 0 Å². The minimum Gasteiger partial charge on any atom is -0.493 e. The van der Waals surface area contributed by atoms with Gasteiger partial charge in [0.15, 0.2) is 0 Å². The van der Waals surface area contributed by atoms with Crippen LogP contribution in [0.4, 0.5) is 0 Å². The zero-order valence-electron chi connectivity index (χ0n) is 9.52. The lowest BCUT2D eigenvalue weighted by Crippen LogP contribution is -1.94. The first-order chi connectivity index (χ1) is 8.29. The van der Waals surface area contributed by atoms with Crippen LogP contribution in [0.2, 0.25) is 0 Å². The first kappa shape index (κ1) is 12.2. The number of ether oxygens (including phenoxy) is 2. The molecule has 0 amide bonds. The van der Waals surface area contributed by atoms with E-state index in [0.717, 1.165) is 20.8 Å². The van der Waals surface area contributed by atoms with Gasteiger partial charge in [0.1, 0.15) is 17.2 Å². The SMILES string of the molecule is CCOc1ccc(Oc2ccccc2)cc1I. The van der Waals surface area contributed by atoms with Crippen molar-refractivity contribution in [1.82, 2.24) is 0 Å². The van der Waals surface area contributed by atoms with Crippen molar-refractivity contribution in [3.05, 3.63) is 52.1 Å². The van der Waals surface area contributed by atoms with Crippen molar-refractivity contribution in [1.29, 1.82) is 0 Å². The van der Waals surface area contributed by atoms with Crippen molar-refractivity contribution in [3.63, 3.8) is 0 Å². The molecule has 0 fully saturated rings. The van der Waals surface area contributed by atoms with Crippen LogP contribution in [-0.2, 0) is 0 Å². The van der Waals surface area contributed by atoms with E-state index in [1.54, 1.807) is 0 Å². The number of halogens is 1. The van der Waals surface area contributed by atoms with Crippen molar-refractivity contribution in [2.75, 3.05) is 6.61 Å². The van der Waals surface area contributed by atoms with Gasteiger partial charge in [0, 0.05) is 0 Å². The van der Waals surface area contributed by atoms with Gasteiger partial charge in [-0.25, -0.2) is 0 Å². The van der Waals surface area contributed by atoms with Crippen molar-refractivity contribution in [2.24, 2.45) is 0 Å². The summed E-state index contributed by atoms with van der Waals surface area (Å²) in [5.41, 5.74) is 0. The molecule has 0 bridgehead atoms. The second-order valence-corrected chi connectivity index (χ2v) is 4.60. The molecule has 3 heteroatoms. The summed E-state index contributed by atoms with van der Waals surface area (Å²) in [6.45, 7) is 2.65. The average Bonchev–Trinajstić information content (AvgIpc) is 2.34. The van der Waals surface area contributed by atoms with Crippen molar-refractivity contribution in [2.45, 2.75) is 6.92 Å². The highest BCUT2D eigenvalue weighted by molar-refractivity contribution is 14.1. The molecule has 0 saturated carbocycles. The largest absolute Gasteiger partial charge is 0.493 e. The fourth-order valence-electron chi connectivity index (χ4n) is 1.44. The minimum atomic E-state index is 0.675. The molecular formula is C14H13IO2. The smallest absolute Gasteiger partial charge is 0.132 e. The lowest BCUT2D eigenvalue weighted by atomic mass is 10.3.